The molecular formula is C24H18N2O4. The molecule has 0 unspecified atom stereocenters. The fourth-order valence-electron chi connectivity index (χ4n) is 2.78. The summed E-state index contributed by atoms with van der Waals surface area (Å²) in [7, 11) is 0. The van der Waals surface area contributed by atoms with Crippen LogP contribution in [0.4, 0.5) is 5.69 Å². The normalized spacial score (nSPS) is 10.9. The standard InChI is InChI=1S/C24H18N2O4/c27-23(15-14-22-26-20-8-4-5-9-21(20)30-22)29-16-17-10-12-18(13-11-17)24(28)25-19-6-2-1-3-7-19/h1-15H,16H2,(H,25,28)/b15-14+. The fourth-order valence-corrected chi connectivity index (χ4v) is 2.78. The van der Waals surface area contributed by atoms with Crippen molar-refractivity contribution in [3.05, 3.63) is 102 Å². The van der Waals surface area contributed by atoms with Gasteiger partial charge in [0.1, 0.15) is 12.1 Å². The summed E-state index contributed by atoms with van der Waals surface area (Å²) >= 11 is 0. The Balaban J connectivity index is 1.30. The summed E-state index contributed by atoms with van der Waals surface area (Å²) in [5, 5.41) is 2.82. The molecule has 6 heteroatoms. The predicted octanol–water partition coefficient (Wildman–Crippen LogP) is 4.84. The summed E-state index contributed by atoms with van der Waals surface area (Å²) in [6, 6.07) is 23.5. The number of ether oxygens (including phenoxy) is 1. The SMILES string of the molecule is O=C(/C=C/c1nc2ccccc2o1)OCc1ccc(C(=O)Nc2ccccc2)cc1. The molecule has 0 saturated carbocycles. The van der Waals surface area contributed by atoms with Crippen molar-refractivity contribution in [3.63, 3.8) is 0 Å². The molecule has 0 atom stereocenters. The second-order valence-corrected chi connectivity index (χ2v) is 6.48. The molecule has 1 N–H and O–H groups in total. The van der Waals surface area contributed by atoms with Crippen LogP contribution in [0.25, 0.3) is 17.2 Å². The number of hydrogen-bond donors (Lipinski definition) is 1. The number of oxazole rings is 1. The van der Waals surface area contributed by atoms with Gasteiger partial charge in [0.2, 0.25) is 5.89 Å². The number of fused-ring (bicyclic) bond motifs is 1. The highest BCUT2D eigenvalue weighted by atomic mass is 16.5. The van der Waals surface area contributed by atoms with E-state index in [1.165, 1.54) is 12.2 Å². The number of carbonyl (C=O) groups excluding carboxylic acids is 2. The van der Waals surface area contributed by atoms with Gasteiger partial charge >= 0.3 is 5.97 Å². The monoisotopic (exact) mass is 398 g/mol. The quantitative estimate of drug-likeness (QED) is 0.371. The van der Waals surface area contributed by atoms with Gasteiger partial charge < -0.3 is 14.5 Å². The lowest BCUT2D eigenvalue weighted by molar-refractivity contribution is -0.138. The number of amides is 1. The fraction of sp³-hybridized carbons (Fsp3) is 0.0417. The molecule has 4 aromatic rings. The lowest BCUT2D eigenvalue weighted by atomic mass is 10.1. The number of hydrogen-bond acceptors (Lipinski definition) is 5. The van der Waals surface area contributed by atoms with Gasteiger partial charge in [0.05, 0.1) is 0 Å². The van der Waals surface area contributed by atoms with E-state index in [9.17, 15) is 9.59 Å². The highest BCUT2D eigenvalue weighted by Gasteiger charge is 2.07. The van der Waals surface area contributed by atoms with Crippen LogP contribution in [0, 0.1) is 0 Å². The smallest absolute Gasteiger partial charge is 0.331 e. The minimum atomic E-state index is -0.511. The van der Waals surface area contributed by atoms with E-state index in [0.29, 0.717) is 17.0 Å². The Bertz CT molecular complexity index is 1160. The first kappa shape index (κ1) is 19.1. The third-order valence-corrected chi connectivity index (χ3v) is 4.30. The van der Waals surface area contributed by atoms with Crippen LogP contribution in [-0.2, 0) is 16.1 Å². The zero-order chi connectivity index (χ0) is 20.8. The predicted molar refractivity (Wildman–Crippen MR) is 114 cm³/mol. The van der Waals surface area contributed by atoms with Gasteiger partial charge in [-0.3, -0.25) is 4.79 Å². The molecule has 1 aromatic heterocycles. The number of benzene rings is 3. The first-order chi connectivity index (χ1) is 14.7. The number of rotatable bonds is 6. The van der Waals surface area contributed by atoms with Crippen molar-refractivity contribution in [3.8, 4) is 0 Å². The largest absolute Gasteiger partial charge is 0.458 e. The van der Waals surface area contributed by atoms with E-state index in [1.807, 2.05) is 54.6 Å². The molecule has 0 spiro atoms. The Kier molecular flexibility index (Phi) is 5.66. The number of nitrogens with one attached hydrogen (secondary N) is 1. The highest BCUT2D eigenvalue weighted by Crippen LogP contribution is 2.15. The van der Waals surface area contributed by atoms with Crippen LogP contribution < -0.4 is 5.32 Å². The summed E-state index contributed by atoms with van der Waals surface area (Å²) < 4.78 is 10.7. The Hall–Kier alpha value is -4.19. The highest BCUT2D eigenvalue weighted by molar-refractivity contribution is 6.04. The van der Waals surface area contributed by atoms with Crippen LogP contribution in [0.1, 0.15) is 21.8 Å². The minimum Gasteiger partial charge on any atom is -0.458 e. The third kappa shape index (κ3) is 4.80. The van der Waals surface area contributed by atoms with Crippen LogP contribution in [0.5, 0.6) is 0 Å². The van der Waals surface area contributed by atoms with E-state index in [1.54, 1.807) is 24.3 Å². The molecule has 0 aliphatic rings. The molecule has 0 aliphatic heterocycles. The van der Waals surface area contributed by atoms with Crippen molar-refractivity contribution in [1.29, 1.82) is 0 Å². The molecule has 0 aliphatic carbocycles. The van der Waals surface area contributed by atoms with Crippen molar-refractivity contribution in [2.45, 2.75) is 6.61 Å². The van der Waals surface area contributed by atoms with Crippen LogP contribution >= 0.6 is 0 Å². The molecule has 3 aromatic carbocycles. The van der Waals surface area contributed by atoms with Gasteiger partial charge in [0.25, 0.3) is 5.91 Å². The van der Waals surface area contributed by atoms with Crippen molar-refractivity contribution < 1.29 is 18.7 Å². The molecule has 30 heavy (non-hydrogen) atoms. The summed E-state index contributed by atoms with van der Waals surface area (Å²) in [6.07, 6.45) is 2.74. The average Bonchev–Trinajstić information content (AvgIpc) is 3.20. The number of esters is 1. The summed E-state index contributed by atoms with van der Waals surface area (Å²) in [6.45, 7) is 0.0946. The number of aromatic nitrogens is 1. The first-order valence-corrected chi connectivity index (χ1v) is 9.33. The molecule has 1 amide bonds. The van der Waals surface area contributed by atoms with Gasteiger partial charge in [-0.2, -0.15) is 0 Å². The maximum absolute atomic E-state index is 12.3. The second-order valence-electron chi connectivity index (χ2n) is 6.48. The van der Waals surface area contributed by atoms with Crippen molar-refractivity contribution in [2.24, 2.45) is 0 Å². The van der Waals surface area contributed by atoms with E-state index in [-0.39, 0.29) is 12.5 Å². The van der Waals surface area contributed by atoms with Crippen LogP contribution in [0.2, 0.25) is 0 Å². The van der Waals surface area contributed by atoms with E-state index in [4.69, 9.17) is 9.15 Å². The molecule has 1 heterocycles. The third-order valence-electron chi connectivity index (χ3n) is 4.30. The Morgan fingerprint density at radius 2 is 1.67 bits per heavy atom. The van der Waals surface area contributed by atoms with Gasteiger partial charge in [0.15, 0.2) is 5.58 Å². The van der Waals surface area contributed by atoms with E-state index < -0.39 is 5.97 Å². The molecule has 0 bridgehead atoms. The Morgan fingerprint density at radius 3 is 2.43 bits per heavy atom. The van der Waals surface area contributed by atoms with Crippen molar-refractivity contribution in [2.75, 3.05) is 5.32 Å². The number of anilines is 1. The molecule has 6 nitrogen and oxygen atoms in total. The van der Waals surface area contributed by atoms with Gasteiger partial charge in [-0.25, -0.2) is 9.78 Å². The van der Waals surface area contributed by atoms with E-state index >= 15 is 0 Å². The number of nitrogens with zero attached hydrogens (tertiary/aromatic N) is 1. The Morgan fingerprint density at radius 1 is 0.933 bits per heavy atom. The van der Waals surface area contributed by atoms with Crippen LogP contribution in [-0.4, -0.2) is 16.9 Å². The summed E-state index contributed by atoms with van der Waals surface area (Å²) in [5.41, 5.74) is 3.40. The molecule has 4 rings (SSSR count). The maximum atomic E-state index is 12.3. The topological polar surface area (TPSA) is 81.4 Å². The summed E-state index contributed by atoms with van der Waals surface area (Å²) in [5.74, 6) is -0.379. The minimum absolute atomic E-state index is 0.0946. The van der Waals surface area contributed by atoms with Gasteiger partial charge in [-0.05, 0) is 42.0 Å². The maximum Gasteiger partial charge on any atom is 0.331 e. The summed E-state index contributed by atoms with van der Waals surface area (Å²) in [4.78, 5) is 28.5. The van der Waals surface area contributed by atoms with Crippen LogP contribution in [0.15, 0.2) is 89.4 Å². The molecule has 0 radical (unpaired) electrons. The Labute approximate surface area is 172 Å². The lowest BCUT2D eigenvalue weighted by Crippen LogP contribution is -2.11. The van der Waals surface area contributed by atoms with Crippen molar-refractivity contribution in [1.82, 2.24) is 4.98 Å². The van der Waals surface area contributed by atoms with Crippen LogP contribution in [0.3, 0.4) is 0 Å². The molecular weight excluding hydrogens is 380 g/mol. The lowest BCUT2D eigenvalue weighted by Gasteiger charge is -2.06. The van der Waals surface area contributed by atoms with Gasteiger partial charge in [0, 0.05) is 23.4 Å². The zero-order valence-electron chi connectivity index (χ0n) is 15.9. The molecule has 0 saturated heterocycles. The number of carbonyl (C=O) groups is 2. The average molecular weight is 398 g/mol. The van der Waals surface area contributed by atoms with Gasteiger partial charge in [-0.1, -0.05) is 42.5 Å². The number of para-hydroxylation sites is 3. The van der Waals surface area contributed by atoms with Gasteiger partial charge in [-0.15, -0.1) is 0 Å². The zero-order valence-corrected chi connectivity index (χ0v) is 15.9. The van der Waals surface area contributed by atoms with E-state index in [0.717, 1.165) is 16.8 Å². The molecule has 0 fully saturated rings. The molecule has 148 valence electrons. The van der Waals surface area contributed by atoms with E-state index in [2.05, 4.69) is 10.3 Å². The van der Waals surface area contributed by atoms with Crippen molar-refractivity contribution >= 4 is 34.7 Å². The first-order valence-electron chi connectivity index (χ1n) is 9.33. The second kappa shape index (κ2) is 8.87.